The van der Waals surface area contributed by atoms with Gasteiger partial charge in [-0.2, -0.15) is 0 Å². The van der Waals surface area contributed by atoms with Gasteiger partial charge in [0.1, 0.15) is 17.1 Å². The van der Waals surface area contributed by atoms with E-state index in [-0.39, 0.29) is 47.4 Å². The van der Waals surface area contributed by atoms with Crippen molar-refractivity contribution < 1.29 is 44.3 Å². The summed E-state index contributed by atoms with van der Waals surface area (Å²) in [6.45, 7) is 0.0888. The van der Waals surface area contributed by atoms with E-state index in [1.807, 2.05) is 0 Å². The predicted octanol–water partition coefficient (Wildman–Crippen LogP) is 0.306. The third-order valence-electron chi connectivity index (χ3n) is 6.25. The molecular formula is C24H23NO9. The Bertz CT molecular complexity index is 1240. The van der Waals surface area contributed by atoms with Crippen molar-refractivity contribution in [3.63, 3.8) is 0 Å². The van der Waals surface area contributed by atoms with Crippen LogP contribution in [0.1, 0.15) is 62.4 Å². The number of aliphatic hydroxyl groups excluding tert-OH is 1. The van der Waals surface area contributed by atoms with Crippen molar-refractivity contribution in [2.24, 2.45) is 0 Å². The Balaban J connectivity index is 1.89. The maximum atomic E-state index is 13.2. The van der Waals surface area contributed by atoms with Gasteiger partial charge < -0.3 is 30.5 Å². The number of aromatic hydroxyl groups is 2. The summed E-state index contributed by atoms with van der Waals surface area (Å²) in [4.78, 5) is 50.2. The van der Waals surface area contributed by atoms with Crippen LogP contribution in [0.4, 0.5) is 0 Å². The molecule has 2 aliphatic carbocycles. The molecule has 2 atom stereocenters. The second-order valence-corrected chi connectivity index (χ2v) is 8.39. The number of fused-ring (bicyclic) bond motifs is 3. The summed E-state index contributed by atoms with van der Waals surface area (Å²) in [5.41, 5.74) is -2.77. The van der Waals surface area contributed by atoms with Gasteiger partial charge in [-0.3, -0.25) is 19.2 Å². The number of carbonyl (C=O) groups is 4. The van der Waals surface area contributed by atoms with Crippen LogP contribution in [0, 0.1) is 0 Å². The minimum atomic E-state index is -2.12. The number of ketones is 3. The Hall–Kier alpha value is -3.60. The van der Waals surface area contributed by atoms with Gasteiger partial charge in [0.25, 0.3) is 0 Å². The summed E-state index contributed by atoms with van der Waals surface area (Å²) in [5, 5.41) is 45.6. The molecule has 2 aliphatic rings. The van der Waals surface area contributed by atoms with Gasteiger partial charge in [0, 0.05) is 54.6 Å². The van der Waals surface area contributed by atoms with Crippen molar-refractivity contribution in [2.45, 2.75) is 31.4 Å². The molecule has 0 fully saturated rings. The van der Waals surface area contributed by atoms with E-state index in [1.54, 1.807) is 12.1 Å². The van der Waals surface area contributed by atoms with Gasteiger partial charge >= 0.3 is 5.97 Å². The highest BCUT2D eigenvalue weighted by molar-refractivity contribution is 6.30. The van der Waals surface area contributed by atoms with Gasteiger partial charge in [-0.15, -0.1) is 0 Å². The first kappa shape index (κ1) is 23.6. The fraction of sp³-hybridized carbons (Fsp3) is 0.333. The Kier molecular flexibility index (Phi) is 5.98. The highest BCUT2D eigenvalue weighted by Crippen LogP contribution is 2.50. The molecular weight excluding hydrogens is 446 g/mol. The van der Waals surface area contributed by atoms with E-state index in [4.69, 9.17) is 4.74 Å². The third-order valence-corrected chi connectivity index (χ3v) is 6.25. The topological polar surface area (TPSA) is 170 Å². The van der Waals surface area contributed by atoms with Crippen LogP contribution in [0.25, 0.3) is 0 Å². The van der Waals surface area contributed by atoms with Gasteiger partial charge in [0.05, 0.1) is 17.7 Å². The van der Waals surface area contributed by atoms with Crippen molar-refractivity contribution in [1.29, 1.82) is 0 Å². The van der Waals surface area contributed by atoms with Crippen molar-refractivity contribution in [1.82, 2.24) is 5.32 Å². The largest absolute Gasteiger partial charge is 0.507 e. The number of phenols is 2. The highest BCUT2D eigenvalue weighted by atomic mass is 16.5. The molecule has 178 valence electrons. The van der Waals surface area contributed by atoms with Crippen LogP contribution in [0.15, 0.2) is 24.3 Å². The van der Waals surface area contributed by atoms with Crippen LogP contribution in [0.2, 0.25) is 0 Å². The van der Waals surface area contributed by atoms with Crippen molar-refractivity contribution in [2.75, 3.05) is 19.8 Å². The number of Topliss-reactive ketones (excluding diaryl/α,β-unsaturated/α-hetero) is 1. The zero-order valence-electron chi connectivity index (χ0n) is 18.3. The van der Waals surface area contributed by atoms with E-state index in [0.717, 1.165) is 6.92 Å². The number of hydrogen-bond acceptors (Lipinski definition) is 10. The molecule has 0 saturated heterocycles. The van der Waals surface area contributed by atoms with E-state index in [2.05, 4.69) is 5.32 Å². The average Bonchev–Trinajstić information content (AvgIpc) is 2.81. The lowest BCUT2D eigenvalue weighted by Crippen LogP contribution is -2.49. The molecule has 4 rings (SSSR count). The summed E-state index contributed by atoms with van der Waals surface area (Å²) >= 11 is 0. The van der Waals surface area contributed by atoms with E-state index >= 15 is 0 Å². The second kappa shape index (κ2) is 8.64. The summed E-state index contributed by atoms with van der Waals surface area (Å²) in [5.74, 6) is -4.05. The normalized spacial score (nSPS) is 20.9. The number of esters is 1. The van der Waals surface area contributed by atoms with Crippen LogP contribution in [0.5, 0.6) is 11.5 Å². The van der Waals surface area contributed by atoms with Crippen LogP contribution >= 0.6 is 0 Å². The smallest absolute Gasteiger partial charge is 0.303 e. The third kappa shape index (κ3) is 3.65. The Morgan fingerprint density at radius 1 is 1.09 bits per heavy atom. The molecule has 34 heavy (non-hydrogen) atoms. The fourth-order valence-corrected chi connectivity index (χ4v) is 4.67. The van der Waals surface area contributed by atoms with Gasteiger partial charge in [0.2, 0.25) is 5.78 Å². The molecule has 0 aliphatic heterocycles. The number of ether oxygens (including phenoxy) is 1. The first-order chi connectivity index (χ1) is 16.1. The van der Waals surface area contributed by atoms with Crippen molar-refractivity contribution >= 4 is 23.3 Å². The van der Waals surface area contributed by atoms with E-state index in [0.29, 0.717) is 0 Å². The summed E-state index contributed by atoms with van der Waals surface area (Å²) < 4.78 is 4.72. The van der Waals surface area contributed by atoms with E-state index < -0.39 is 65.1 Å². The van der Waals surface area contributed by atoms with Gasteiger partial charge in [-0.25, -0.2) is 0 Å². The van der Waals surface area contributed by atoms with E-state index in [1.165, 1.54) is 12.1 Å². The fourth-order valence-electron chi connectivity index (χ4n) is 4.67. The lowest BCUT2D eigenvalue weighted by molar-refractivity contribution is -0.154. The van der Waals surface area contributed by atoms with Crippen LogP contribution in [-0.2, 0) is 20.7 Å². The van der Waals surface area contributed by atoms with E-state index in [9.17, 15) is 39.6 Å². The SMILES string of the molecule is CC(=O)OCC(=O)C1(O)Cc2c(O)c3c(c(O)c2C(NCCO)C1)C(=O)c1ccccc1C3=O. The lowest BCUT2D eigenvalue weighted by atomic mass is 9.71. The number of carbonyl (C=O) groups excluding carboxylic acids is 4. The molecule has 2 aromatic rings. The first-order valence-corrected chi connectivity index (χ1v) is 10.6. The molecule has 0 saturated carbocycles. The number of aliphatic hydroxyl groups is 2. The molecule has 0 aromatic heterocycles. The molecule has 10 heteroatoms. The molecule has 2 aromatic carbocycles. The predicted molar refractivity (Wildman–Crippen MR) is 116 cm³/mol. The molecule has 0 radical (unpaired) electrons. The Morgan fingerprint density at radius 3 is 2.24 bits per heavy atom. The number of nitrogens with one attached hydrogen (secondary N) is 1. The van der Waals surface area contributed by atoms with Crippen molar-refractivity contribution in [3.05, 3.63) is 57.6 Å². The summed E-state index contributed by atoms with van der Waals surface area (Å²) in [7, 11) is 0. The molecule has 0 amide bonds. The van der Waals surface area contributed by atoms with Crippen LogP contribution in [-0.4, -0.2) is 69.1 Å². The number of rotatable bonds is 6. The maximum absolute atomic E-state index is 13.2. The Labute approximate surface area is 193 Å². The maximum Gasteiger partial charge on any atom is 0.303 e. The molecule has 0 bridgehead atoms. The van der Waals surface area contributed by atoms with Crippen molar-refractivity contribution in [3.8, 4) is 11.5 Å². The minimum absolute atomic E-state index is 0.00528. The molecule has 0 spiro atoms. The first-order valence-electron chi connectivity index (χ1n) is 10.6. The molecule has 0 heterocycles. The minimum Gasteiger partial charge on any atom is -0.507 e. The monoisotopic (exact) mass is 469 g/mol. The zero-order valence-corrected chi connectivity index (χ0v) is 18.3. The van der Waals surface area contributed by atoms with Gasteiger partial charge in [-0.1, -0.05) is 24.3 Å². The highest BCUT2D eigenvalue weighted by Gasteiger charge is 2.48. The Morgan fingerprint density at radius 2 is 1.68 bits per heavy atom. The van der Waals surface area contributed by atoms with Crippen LogP contribution < -0.4 is 5.32 Å². The number of hydrogen-bond donors (Lipinski definition) is 5. The second-order valence-electron chi connectivity index (χ2n) is 8.39. The quantitative estimate of drug-likeness (QED) is 0.250. The molecule has 2 unspecified atom stereocenters. The van der Waals surface area contributed by atoms with Gasteiger partial charge in [-0.05, 0) is 0 Å². The lowest BCUT2D eigenvalue weighted by Gasteiger charge is -2.39. The zero-order chi connectivity index (χ0) is 24.8. The molecule has 10 nitrogen and oxygen atoms in total. The summed E-state index contributed by atoms with van der Waals surface area (Å²) in [6.07, 6.45) is -0.792. The average molecular weight is 469 g/mol. The number of benzene rings is 2. The van der Waals surface area contributed by atoms with Gasteiger partial charge in [0.15, 0.2) is 18.2 Å². The van der Waals surface area contributed by atoms with Crippen LogP contribution in [0.3, 0.4) is 0 Å². The number of phenolic OH excluding ortho intramolecular Hbond substituents is 2. The standard InChI is InChI=1S/C24H23NO9/c1-11(27)34-10-16(28)24(33)8-14-17(15(9-24)25-6-7-26)23(32)19-18(22(14)31)20(29)12-4-2-3-5-13(12)21(19)30/h2-5,15,25-26,31-33H,6-10H2,1H3. The summed E-state index contributed by atoms with van der Waals surface area (Å²) in [6, 6.07) is 5.04. The molecule has 5 N–H and O–H groups in total.